The number of hydrazine groups is 1. The van der Waals surface area contributed by atoms with Crippen molar-refractivity contribution in [2.75, 3.05) is 0 Å². The lowest BCUT2D eigenvalue weighted by molar-refractivity contribution is -0.135. The second-order valence-electron chi connectivity index (χ2n) is 5.10. The molecule has 2 nitrogen and oxygen atoms in total. The lowest BCUT2D eigenvalue weighted by Crippen LogP contribution is -2.35. The standard InChI is InChI=1S/C12H23F3N2/c13-12(14,15)9-3-6-11(17-16)8-7-10-4-1-2-5-10/h10-11,17H,1-9,16H2. The van der Waals surface area contributed by atoms with Crippen LogP contribution in [0.3, 0.4) is 0 Å². The van der Waals surface area contributed by atoms with E-state index in [0.717, 1.165) is 18.8 Å². The highest BCUT2D eigenvalue weighted by Crippen LogP contribution is 2.29. The van der Waals surface area contributed by atoms with Gasteiger partial charge in [0.05, 0.1) is 0 Å². The molecule has 0 heterocycles. The van der Waals surface area contributed by atoms with Crippen LogP contribution < -0.4 is 11.3 Å². The first-order valence-corrected chi connectivity index (χ1v) is 6.54. The van der Waals surface area contributed by atoms with E-state index in [-0.39, 0.29) is 12.5 Å². The monoisotopic (exact) mass is 252 g/mol. The molecule has 102 valence electrons. The number of hydrogen-bond donors (Lipinski definition) is 2. The van der Waals surface area contributed by atoms with Crippen molar-refractivity contribution >= 4 is 0 Å². The third-order valence-electron chi connectivity index (χ3n) is 3.65. The molecule has 1 saturated carbocycles. The zero-order chi connectivity index (χ0) is 12.7. The van der Waals surface area contributed by atoms with Gasteiger partial charge < -0.3 is 0 Å². The van der Waals surface area contributed by atoms with Crippen LogP contribution >= 0.6 is 0 Å². The summed E-state index contributed by atoms with van der Waals surface area (Å²) in [5.41, 5.74) is 2.64. The van der Waals surface area contributed by atoms with Gasteiger partial charge in [-0.25, -0.2) is 0 Å². The van der Waals surface area contributed by atoms with E-state index >= 15 is 0 Å². The number of nitrogens with one attached hydrogen (secondary N) is 1. The summed E-state index contributed by atoms with van der Waals surface area (Å²) in [5.74, 6) is 6.15. The van der Waals surface area contributed by atoms with Crippen LogP contribution in [-0.2, 0) is 0 Å². The van der Waals surface area contributed by atoms with E-state index in [9.17, 15) is 13.2 Å². The van der Waals surface area contributed by atoms with E-state index in [1.807, 2.05) is 0 Å². The lowest BCUT2D eigenvalue weighted by Gasteiger charge is -2.18. The van der Waals surface area contributed by atoms with E-state index in [2.05, 4.69) is 5.43 Å². The molecule has 0 radical (unpaired) electrons. The smallest absolute Gasteiger partial charge is 0.271 e. The molecule has 0 spiro atoms. The van der Waals surface area contributed by atoms with Crippen molar-refractivity contribution in [3.05, 3.63) is 0 Å². The molecule has 5 heteroatoms. The van der Waals surface area contributed by atoms with Gasteiger partial charge >= 0.3 is 6.18 Å². The van der Waals surface area contributed by atoms with Crippen LogP contribution in [0.25, 0.3) is 0 Å². The minimum atomic E-state index is -4.04. The Morgan fingerprint density at radius 2 is 1.82 bits per heavy atom. The van der Waals surface area contributed by atoms with Crippen molar-refractivity contribution in [3.8, 4) is 0 Å². The van der Waals surface area contributed by atoms with Crippen LogP contribution in [0, 0.1) is 5.92 Å². The first-order chi connectivity index (χ1) is 8.01. The number of hydrogen-bond acceptors (Lipinski definition) is 2. The minimum Gasteiger partial charge on any atom is -0.271 e. The largest absolute Gasteiger partial charge is 0.389 e. The molecule has 0 aromatic carbocycles. The summed E-state index contributed by atoms with van der Waals surface area (Å²) >= 11 is 0. The molecule has 17 heavy (non-hydrogen) atoms. The Morgan fingerprint density at radius 3 is 2.35 bits per heavy atom. The molecule has 0 amide bonds. The van der Waals surface area contributed by atoms with Gasteiger partial charge in [0, 0.05) is 12.5 Å². The van der Waals surface area contributed by atoms with E-state index in [1.54, 1.807) is 0 Å². The van der Waals surface area contributed by atoms with Crippen molar-refractivity contribution in [1.82, 2.24) is 5.43 Å². The maximum absolute atomic E-state index is 12.0. The third-order valence-corrected chi connectivity index (χ3v) is 3.65. The van der Waals surface area contributed by atoms with Gasteiger partial charge in [-0.2, -0.15) is 13.2 Å². The van der Waals surface area contributed by atoms with Crippen molar-refractivity contribution in [1.29, 1.82) is 0 Å². The topological polar surface area (TPSA) is 38.0 Å². The fourth-order valence-electron chi connectivity index (χ4n) is 2.60. The van der Waals surface area contributed by atoms with Gasteiger partial charge in [-0.05, 0) is 31.6 Å². The molecule has 1 aliphatic carbocycles. The van der Waals surface area contributed by atoms with Crippen molar-refractivity contribution in [3.63, 3.8) is 0 Å². The summed E-state index contributed by atoms with van der Waals surface area (Å²) in [6, 6.07) is 0.0398. The van der Waals surface area contributed by atoms with Crippen molar-refractivity contribution < 1.29 is 13.2 Å². The fraction of sp³-hybridized carbons (Fsp3) is 1.00. The molecule has 0 aliphatic heterocycles. The van der Waals surface area contributed by atoms with Gasteiger partial charge in [0.2, 0.25) is 0 Å². The average molecular weight is 252 g/mol. The molecular formula is C12H23F3N2. The van der Waals surface area contributed by atoms with Crippen LogP contribution in [0.1, 0.15) is 57.8 Å². The van der Waals surface area contributed by atoms with Gasteiger partial charge in [-0.15, -0.1) is 0 Å². The average Bonchev–Trinajstić information content (AvgIpc) is 2.74. The number of alkyl halides is 3. The van der Waals surface area contributed by atoms with Gasteiger partial charge in [0.1, 0.15) is 0 Å². The summed E-state index contributed by atoms with van der Waals surface area (Å²) in [5, 5.41) is 0. The number of halogens is 3. The number of rotatable bonds is 7. The second-order valence-corrected chi connectivity index (χ2v) is 5.10. The normalized spacial score (nSPS) is 19.8. The first-order valence-electron chi connectivity index (χ1n) is 6.54. The Morgan fingerprint density at radius 1 is 1.18 bits per heavy atom. The highest BCUT2D eigenvalue weighted by molar-refractivity contribution is 4.72. The van der Waals surface area contributed by atoms with Gasteiger partial charge in [0.15, 0.2) is 0 Å². The summed E-state index contributed by atoms with van der Waals surface area (Å²) in [6.45, 7) is 0. The predicted molar refractivity (Wildman–Crippen MR) is 62.2 cm³/mol. The predicted octanol–water partition coefficient (Wildman–Crippen LogP) is 3.52. The third kappa shape index (κ3) is 6.88. The highest BCUT2D eigenvalue weighted by Gasteiger charge is 2.26. The Balaban J connectivity index is 2.10. The SMILES string of the molecule is NNC(CCCC(F)(F)F)CCC1CCCC1. The molecule has 1 aliphatic rings. The Labute approximate surface area is 101 Å². The first kappa shape index (κ1) is 14.8. The summed E-state index contributed by atoms with van der Waals surface area (Å²) in [4.78, 5) is 0. The van der Waals surface area contributed by atoms with Crippen LogP contribution in [0.15, 0.2) is 0 Å². The Bertz CT molecular complexity index is 200. The summed E-state index contributed by atoms with van der Waals surface area (Å²) in [6.07, 6.45) is 3.11. The van der Waals surface area contributed by atoms with Crippen LogP contribution in [0.4, 0.5) is 13.2 Å². The van der Waals surface area contributed by atoms with Crippen molar-refractivity contribution in [2.45, 2.75) is 70.0 Å². The maximum Gasteiger partial charge on any atom is 0.389 e. The maximum atomic E-state index is 12.0. The summed E-state index contributed by atoms with van der Waals surface area (Å²) in [7, 11) is 0. The van der Waals surface area contributed by atoms with Crippen LogP contribution in [0.2, 0.25) is 0 Å². The molecule has 1 atom stereocenters. The number of nitrogens with two attached hydrogens (primary N) is 1. The molecule has 1 fully saturated rings. The van der Waals surface area contributed by atoms with E-state index < -0.39 is 12.6 Å². The van der Waals surface area contributed by atoms with Gasteiger partial charge in [-0.1, -0.05) is 25.7 Å². The quantitative estimate of drug-likeness (QED) is 0.537. The Hall–Kier alpha value is -0.290. The van der Waals surface area contributed by atoms with E-state index in [0.29, 0.717) is 6.42 Å². The molecule has 0 saturated heterocycles. The highest BCUT2D eigenvalue weighted by atomic mass is 19.4. The fourth-order valence-corrected chi connectivity index (χ4v) is 2.60. The van der Waals surface area contributed by atoms with Crippen LogP contribution in [0.5, 0.6) is 0 Å². The van der Waals surface area contributed by atoms with Gasteiger partial charge in [-0.3, -0.25) is 11.3 Å². The molecule has 1 rings (SSSR count). The van der Waals surface area contributed by atoms with Crippen LogP contribution in [-0.4, -0.2) is 12.2 Å². The zero-order valence-corrected chi connectivity index (χ0v) is 10.2. The van der Waals surface area contributed by atoms with E-state index in [4.69, 9.17) is 5.84 Å². The van der Waals surface area contributed by atoms with Crippen molar-refractivity contribution in [2.24, 2.45) is 11.8 Å². The zero-order valence-electron chi connectivity index (χ0n) is 10.2. The molecular weight excluding hydrogens is 229 g/mol. The Kier molecular flexibility index (Phi) is 6.27. The molecule has 3 N–H and O–H groups in total. The lowest BCUT2D eigenvalue weighted by atomic mass is 9.96. The van der Waals surface area contributed by atoms with Gasteiger partial charge in [0.25, 0.3) is 0 Å². The molecule has 0 aromatic heterocycles. The minimum absolute atomic E-state index is 0.0398. The molecule has 0 bridgehead atoms. The second kappa shape index (κ2) is 7.21. The molecule has 1 unspecified atom stereocenters. The molecule has 0 aromatic rings. The van der Waals surface area contributed by atoms with E-state index in [1.165, 1.54) is 25.7 Å². The summed E-state index contributed by atoms with van der Waals surface area (Å²) < 4.78 is 36.0.